The number of nitrogens with zero attached hydrogens (tertiary/aromatic N) is 2. The number of benzene rings is 1. The average molecular weight is 285 g/mol. The first kappa shape index (κ1) is 13.2. The Balaban J connectivity index is 2.08. The molecule has 0 unspecified atom stereocenters. The Labute approximate surface area is 120 Å². The molecular weight excluding hydrogens is 270 g/mol. The SMILES string of the molecule is CC(C)Oc1cccc(-c2nc3nc(N)[nH]c(=O)c3[nH]2)c1. The molecule has 7 heteroatoms. The number of rotatable bonds is 3. The zero-order chi connectivity index (χ0) is 15.0. The van der Waals surface area contributed by atoms with Crippen LogP contribution >= 0.6 is 0 Å². The van der Waals surface area contributed by atoms with E-state index < -0.39 is 0 Å². The highest BCUT2D eigenvalue weighted by Crippen LogP contribution is 2.23. The van der Waals surface area contributed by atoms with Gasteiger partial charge in [0, 0.05) is 5.56 Å². The van der Waals surface area contributed by atoms with E-state index in [0.29, 0.717) is 17.0 Å². The van der Waals surface area contributed by atoms with Crippen molar-refractivity contribution < 1.29 is 4.74 Å². The van der Waals surface area contributed by atoms with Gasteiger partial charge in [-0.1, -0.05) is 12.1 Å². The lowest BCUT2D eigenvalue weighted by molar-refractivity contribution is 0.242. The minimum Gasteiger partial charge on any atom is -0.491 e. The van der Waals surface area contributed by atoms with Crippen LogP contribution in [0.3, 0.4) is 0 Å². The Kier molecular flexibility index (Phi) is 3.09. The van der Waals surface area contributed by atoms with Crippen molar-refractivity contribution in [3.8, 4) is 17.1 Å². The summed E-state index contributed by atoms with van der Waals surface area (Å²) in [7, 11) is 0. The maximum Gasteiger partial charge on any atom is 0.278 e. The van der Waals surface area contributed by atoms with Gasteiger partial charge in [-0.15, -0.1) is 0 Å². The molecule has 0 spiro atoms. The minimum atomic E-state index is -0.342. The second-order valence-electron chi connectivity index (χ2n) is 4.93. The molecular formula is C14H15N5O2. The fourth-order valence-corrected chi connectivity index (χ4v) is 2.05. The predicted octanol–water partition coefficient (Wildman–Crippen LogP) is 1.68. The van der Waals surface area contributed by atoms with Crippen molar-refractivity contribution in [3.63, 3.8) is 0 Å². The van der Waals surface area contributed by atoms with Crippen LogP contribution < -0.4 is 16.0 Å². The number of anilines is 1. The Morgan fingerprint density at radius 1 is 1.24 bits per heavy atom. The van der Waals surface area contributed by atoms with E-state index in [0.717, 1.165) is 11.3 Å². The number of nitrogen functional groups attached to an aromatic ring is 1. The lowest BCUT2D eigenvalue weighted by Crippen LogP contribution is -2.10. The van der Waals surface area contributed by atoms with Crippen LogP contribution in [0, 0.1) is 0 Å². The predicted molar refractivity (Wildman–Crippen MR) is 80.1 cm³/mol. The summed E-state index contributed by atoms with van der Waals surface area (Å²) in [6.45, 7) is 3.92. The molecule has 7 nitrogen and oxygen atoms in total. The lowest BCUT2D eigenvalue weighted by atomic mass is 10.2. The van der Waals surface area contributed by atoms with Crippen LogP contribution in [0.1, 0.15) is 13.8 Å². The number of nitrogens with two attached hydrogens (primary N) is 1. The van der Waals surface area contributed by atoms with E-state index in [-0.39, 0.29) is 17.6 Å². The van der Waals surface area contributed by atoms with Gasteiger partial charge >= 0.3 is 0 Å². The third kappa shape index (κ3) is 2.58. The van der Waals surface area contributed by atoms with E-state index in [1.54, 1.807) is 0 Å². The molecule has 3 aromatic rings. The maximum atomic E-state index is 11.8. The molecule has 0 bridgehead atoms. The molecule has 0 amide bonds. The summed E-state index contributed by atoms with van der Waals surface area (Å²) in [6, 6.07) is 7.47. The smallest absolute Gasteiger partial charge is 0.278 e. The zero-order valence-electron chi connectivity index (χ0n) is 11.7. The van der Waals surface area contributed by atoms with Crippen molar-refractivity contribution >= 4 is 17.1 Å². The highest BCUT2D eigenvalue weighted by Gasteiger charge is 2.11. The molecule has 108 valence electrons. The fraction of sp³-hybridized carbons (Fsp3) is 0.214. The third-order valence-corrected chi connectivity index (χ3v) is 2.86. The fourth-order valence-electron chi connectivity index (χ4n) is 2.05. The second-order valence-corrected chi connectivity index (χ2v) is 4.93. The van der Waals surface area contributed by atoms with Crippen LogP contribution in [0.2, 0.25) is 0 Å². The van der Waals surface area contributed by atoms with Crippen LogP contribution in [0.25, 0.3) is 22.6 Å². The van der Waals surface area contributed by atoms with Gasteiger partial charge < -0.3 is 15.5 Å². The molecule has 0 saturated carbocycles. The van der Waals surface area contributed by atoms with E-state index in [4.69, 9.17) is 10.5 Å². The Morgan fingerprint density at radius 2 is 2.05 bits per heavy atom. The maximum absolute atomic E-state index is 11.8. The minimum absolute atomic E-state index is 0.0439. The number of hydrogen-bond acceptors (Lipinski definition) is 5. The third-order valence-electron chi connectivity index (χ3n) is 2.86. The first-order valence-electron chi connectivity index (χ1n) is 6.55. The van der Waals surface area contributed by atoms with Gasteiger partial charge in [0.2, 0.25) is 5.95 Å². The number of aromatic amines is 2. The number of imidazole rings is 1. The van der Waals surface area contributed by atoms with Gasteiger partial charge in [-0.25, -0.2) is 4.98 Å². The van der Waals surface area contributed by atoms with E-state index >= 15 is 0 Å². The van der Waals surface area contributed by atoms with Gasteiger partial charge in [0.05, 0.1) is 6.10 Å². The molecule has 0 saturated heterocycles. The molecule has 0 fully saturated rings. The monoisotopic (exact) mass is 285 g/mol. The van der Waals surface area contributed by atoms with Crippen molar-refractivity contribution in [2.75, 3.05) is 5.73 Å². The van der Waals surface area contributed by atoms with Crippen LogP contribution in [-0.2, 0) is 0 Å². The van der Waals surface area contributed by atoms with Crippen LogP contribution in [0.4, 0.5) is 5.95 Å². The van der Waals surface area contributed by atoms with Crippen molar-refractivity contribution in [1.82, 2.24) is 19.9 Å². The zero-order valence-corrected chi connectivity index (χ0v) is 11.7. The number of nitrogens with one attached hydrogen (secondary N) is 2. The van der Waals surface area contributed by atoms with E-state index in [1.807, 2.05) is 38.1 Å². The van der Waals surface area contributed by atoms with Gasteiger partial charge in [0.25, 0.3) is 5.56 Å². The highest BCUT2D eigenvalue weighted by molar-refractivity contribution is 5.76. The normalized spacial score (nSPS) is 11.2. The summed E-state index contributed by atoms with van der Waals surface area (Å²) < 4.78 is 5.65. The van der Waals surface area contributed by atoms with Crippen molar-refractivity contribution in [3.05, 3.63) is 34.6 Å². The topological polar surface area (TPSA) is 110 Å². The number of fused-ring (bicyclic) bond motifs is 1. The van der Waals surface area contributed by atoms with Gasteiger partial charge in [-0.3, -0.25) is 9.78 Å². The molecule has 0 aliphatic carbocycles. The second kappa shape index (κ2) is 4.93. The lowest BCUT2D eigenvalue weighted by Gasteiger charge is -2.09. The van der Waals surface area contributed by atoms with Crippen LogP contribution in [0.15, 0.2) is 29.1 Å². The first-order chi connectivity index (χ1) is 10.0. The van der Waals surface area contributed by atoms with Crippen molar-refractivity contribution in [1.29, 1.82) is 0 Å². The van der Waals surface area contributed by atoms with Gasteiger partial charge in [0.15, 0.2) is 11.2 Å². The van der Waals surface area contributed by atoms with Gasteiger partial charge in [0.1, 0.15) is 11.6 Å². The largest absolute Gasteiger partial charge is 0.491 e. The molecule has 3 rings (SSSR count). The summed E-state index contributed by atoms with van der Waals surface area (Å²) in [5.41, 5.74) is 6.57. The molecule has 21 heavy (non-hydrogen) atoms. The summed E-state index contributed by atoms with van der Waals surface area (Å²) >= 11 is 0. The summed E-state index contributed by atoms with van der Waals surface area (Å²) in [6.07, 6.45) is 0.0835. The molecule has 2 aromatic heterocycles. The van der Waals surface area contributed by atoms with E-state index in [9.17, 15) is 4.79 Å². The van der Waals surface area contributed by atoms with Gasteiger partial charge in [-0.2, -0.15) is 4.98 Å². The summed E-state index contributed by atoms with van der Waals surface area (Å²) in [5.74, 6) is 1.33. The highest BCUT2D eigenvalue weighted by atomic mass is 16.5. The van der Waals surface area contributed by atoms with Gasteiger partial charge in [-0.05, 0) is 26.0 Å². The Morgan fingerprint density at radius 3 is 2.81 bits per heavy atom. The number of H-pyrrole nitrogens is 2. The number of hydrogen-bond donors (Lipinski definition) is 3. The number of aromatic nitrogens is 4. The Hall–Kier alpha value is -2.83. The Bertz CT molecular complexity index is 850. The van der Waals surface area contributed by atoms with Crippen molar-refractivity contribution in [2.45, 2.75) is 20.0 Å². The standard InChI is InChI=1S/C14H15N5O2/c1-7(2)21-9-5-3-4-8(6-9)11-16-10-12(17-11)18-14(15)19-13(10)20/h3-7H,1-2H3,(H4,15,16,17,18,19,20). The molecule has 0 aliphatic rings. The molecule has 1 aromatic carbocycles. The quantitative estimate of drug-likeness (QED) is 0.678. The van der Waals surface area contributed by atoms with Crippen molar-refractivity contribution in [2.24, 2.45) is 0 Å². The number of ether oxygens (including phenoxy) is 1. The summed E-state index contributed by atoms with van der Waals surface area (Å²) in [4.78, 5) is 25.5. The molecule has 2 heterocycles. The molecule has 0 aliphatic heterocycles. The molecule has 0 atom stereocenters. The average Bonchev–Trinajstić information content (AvgIpc) is 2.82. The van der Waals surface area contributed by atoms with E-state index in [1.165, 1.54) is 0 Å². The van der Waals surface area contributed by atoms with E-state index in [2.05, 4.69) is 19.9 Å². The van der Waals surface area contributed by atoms with Crippen LogP contribution in [-0.4, -0.2) is 26.0 Å². The van der Waals surface area contributed by atoms with Crippen LogP contribution in [0.5, 0.6) is 5.75 Å². The molecule has 0 radical (unpaired) electrons. The first-order valence-corrected chi connectivity index (χ1v) is 6.55. The molecule has 4 N–H and O–H groups in total. The summed E-state index contributed by atoms with van der Waals surface area (Å²) in [5, 5.41) is 0.